The first-order valence-corrected chi connectivity index (χ1v) is 15.1. The Morgan fingerprint density at radius 1 is 1.02 bits per heavy atom. The lowest BCUT2D eigenvalue weighted by atomic mass is 9.88. The summed E-state index contributed by atoms with van der Waals surface area (Å²) in [5.74, 6) is 1.71. The van der Waals surface area contributed by atoms with E-state index in [0.717, 1.165) is 35.7 Å². The molecule has 5 rings (SSSR count). The average Bonchev–Trinajstić information content (AvgIpc) is 2.94. The summed E-state index contributed by atoms with van der Waals surface area (Å²) < 4.78 is 14.1. The fourth-order valence-electron chi connectivity index (χ4n) is 4.88. The predicted octanol–water partition coefficient (Wildman–Crippen LogP) is 9.03. The van der Waals surface area contributed by atoms with Crippen molar-refractivity contribution in [2.24, 2.45) is 5.10 Å². The fraction of sp³-hybridized carbons (Fsp3) is 0.300. The maximum atomic E-state index is 13.6. The first-order chi connectivity index (χ1) is 19.3. The van der Waals surface area contributed by atoms with Gasteiger partial charge in [0.2, 0.25) is 0 Å². The molecular weight excluding hydrogens is 637 g/mol. The second kappa shape index (κ2) is 12.9. The van der Waals surface area contributed by atoms with Crippen LogP contribution in [0.15, 0.2) is 62.9 Å². The summed E-state index contributed by atoms with van der Waals surface area (Å²) in [6.07, 6.45) is 6.98. The lowest BCUT2D eigenvalue weighted by molar-refractivity contribution is 0.269. The molecule has 1 aromatic heterocycles. The molecule has 4 aromatic rings. The Labute approximate surface area is 256 Å². The van der Waals surface area contributed by atoms with Crippen molar-refractivity contribution in [1.29, 1.82) is 0 Å². The van der Waals surface area contributed by atoms with Gasteiger partial charge < -0.3 is 9.47 Å². The van der Waals surface area contributed by atoms with Crippen LogP contribution in [-0.2, 0) is 6.61 Å². The first-order valence-electron chi connectivity index (χ1n) is 13.1. The Kier molecular flexibility index (Phi) is 9.36. The molecule has 1 aliphatic rings. The number of aromatic nitrogens is 2. The highest BCUT2D eigenvalue weighted by Crippen LogP contribution is 2.38. The zero-order valence-corrected chi connectivity index (χ0v) is 25.7. The van der Waals surface area contributed by atoms with Gasteiger partial charge in [0.25, 0.3) is 5.56 Å². The molecule has 0 spiro atoms. The predicted molar refractivity (Wildman–Crippen MR) is 166 cm³/mol. The van der Waals surface area contributed by atoms with Crippen LogP contribution < -0.4 is 15.0 Å². The number of fused-ring (bicyclic) bond motifs is 1. The second-order valence-corrected chi connectivity index (χ2v) is 11.8. The third-order valence-electron chi connectivity index (χ3n) is 6.84. The molecule has 0 N–H and O–H groups in total. The second-order valence-electron chi connectivity index (χ2n) is 9.62. The Morgan fingerprint density at radius 2 is 1.82 bits per heavy atom. The van der Waals surface area contributed by atoms with E-state index in [9.17, 15) is 4.79 Å². The zero-order chi connectivity index (χ0) is 28.2. The monoisotopic (exact) mass is 661 g/mol. The van der Waals surface area contributed by atoms with Crippen LogP contribution >= 0.6 is 50.7 Å². The molecular formula is C30H27BrCl3N3O3. The zero-order valence-electron chi connectivity index (χ0n) is 21.8. The van der Waals surface area contributed by atoms with Gasteiger partial charge >= 0.3 is 0 Å². The van der Waals surface area contributed by atoms with E-state index in [1.54, 1.807) is 42.6 Å². The van der Waals surface area contributed by atoms with Crippen molar-refractivity contribution < 1.29 is 9.47 Å². The van der Waals surface area contributed by atoms with Gasteiger partial charge in [0.05, 0.1) is 28.7 Å². The van der Waals surface area contributed by atoms with Gasteiger partial charge in [-0.15, -0.1) is 0 Å². The third-order valence-corrected chi connectivity index (χ3v) is 8.21. The summed E-state index contributed by atoms with van der Waals surface area (Å²) in [4.78, 5) is 18.5. The summed E-state index contributed by atoms with van der Waals surface area (Å²) in [6, 6.07) is 14.3. The van der Waals surface area contributed by atoms with Crippen molar-refractivity contribution in [3.05, 3.63) is 95.4 Å². The molecule has 0 radical (unpaired) electrons. The van der Waals surface area contributed by atoms with E-state index in [1.807, 2.05) is 19.1 Å². The van der Waals surface area contributed by atoms with E-state index in [2.05, 4.69) is 21.0 Å². The van der Waals surface area contributed by atoms with Crippen LogP contribution in [0.2, 0.25) is 15.1 Å². The number of halogens is 4. The van der Waals surface area contributed by atoms with Gasteiger partial charge in [-0.3, -0.25) is 4.79 Å². The van der Waals surface area contributed by atoms with Crippen LogP contribution in [0.4, 0.5) is 0 Å². The molecule has 208 valence electrons. The van der Waals surface area contributed by atoms with Crippen LogP contribution in [0.5, 0.6) is 11.5 Å². The molecule has 3 aromatic carbocycles. The quantitative estimate of drug-likeness (QED) is 0.177. The molecule has 6 nitrogen and oxygen atoms in total. The largest absolute Gasteiger partial charge is 0.490 e. The van der Waals surface area contributed by atoms with Crippen molar-refractivity contribution >= 4 is 67.9 Å². The highest BCUT2D eigenvalue weighted by molar-refractivity contribution is 9.10. The number of nitrogens with zero attached hydrogens (tertiary/aromatic N) is 3. The molecule has 1 saturated carbocycles. The van der Waals surface area contributed by atoms with Crippen molar-refractivity contribution in [2.45, 2.75) is 51.6 Å². The number of benzene rings is 3. The number of hydrogen-bond donors (Lipinski definition) is 0. The van der Waals surface area contributed by atoms with Crippen molar-refractivity contribution in [3.63, 3.8) is 0 Å². The van der Waals surface area contributed by atoms with E-state index in [-0.39, 0.29) is 18.1 Å². The minimum absolute atomic E-state index is 0.171. The third kappa shape index (κ3) is 6.49. The van der Waals surface area contributed by atoms with Gasteiger partial charge in [0.1, 0.15) is 12.4 Å². The topological polar surface area (TPSA) is 65.7 Å². The molecule has 0 saturated heterocycles. The number of rotatable bonds is 8. The van der Waals surface area contributed by atoms with Gasteiger partial charge in [0.15, 0.2) is 11.5 Å². The molecule has 0 aliphatic heterocycles. The molecule has 1 heterocycles. The molecule has 0 amide bonds. The highest BCUT2D eigenvalue weighted by Gasteiger charge is 2.23. The van der Waals surface area contributed by atoms with Crippen LogP contribution in [0.3, 0.4) is 0 Å². The van der Waals surface area contributed by atoms with Gasteiger partial charge in [-0.2, -0.15) is 9.78 Å². The van der Waals surface area contributed by atoms with Gasteiger partial charge in [-0.1, -0.05) is 76.1 Å². The molecule has 1 fully saturated rings. The molecule has 0 atom stereocenters. The minimum atomic E-state index is -0.209. The summed E-state index contributed by atoms with van der Waals surface area (Å²) in [6.45, 7) is 2.47. The first kappa shape index (κ1) is 28.9. The fourth-order valence-corrected chi connectivity index (χ4v) is 5.98. The van der Waals surface area contributed by atoms with Crippen LogP contribution in [0.25, 0.3) is 10.9 Å². The van der Waals surface area contributed by atoms with Crippen molar-refractivity contribution in [3.8, 4) is 11.5 Å². The highest BCUT2D eigenvalue weighted by atomic mass is 79.9. The molecule has 0 unspecified atom stereocenters. The summed E-state index contributed by atoms with van der Waals surface area (Å²) in [5, 5.41) is 6.53. The lowest BCUT2D eigenvalue weighted by Gasteiger charge is -2.22. The van der Waals surface area contributed by atoms with E-state index < -0.39 is 0 Å². The number of ether oxygens (including phenoxy) is 2. The smallest absolute Gasteiger partial charge is 0.282 e. The van der Waals surface area contributed by atoms with E-state index >= 15 is 0 Å². The van der Waals surface area contributed by atoms with Crippen LogP contribution in [0.1, 0.15) is 61.9 Å². The molecule has 40 heavy (non-hydrogen) atoms. The SMILES string of the molecule is CCOc1cc(C=Nn2c(C3CCCCC3)nc3ccc(Br)cc3c2=O)cc(Cl)c1OCc1ccc(Cl)cc1Cl. The Bertz CT molecular complexity index is 1630. The van der Waals surface area contributed by atoms with Gasteiger partial charge in [0, 0.05) is 26.0 Å². The minimum Gasteiger partial charge on any atom is -0.490 e. The molecule has 0 bridgehead atoms. The summed E-state index contributed by atoms with van der Waals surface area (Å²) >= 11 is 22.4. The standard InChI is InChI=1S/C30H27BrCl3N3O3/c1-2-39-27-13-18(12-25(34)28(27)40-17-20-8-10-22(32)15-24(20)33)16-35-37-29(19-6-4-3-5-7-19)36-26-11-9-21(31)14-23(26)30(37)38/h8-16,19H,2-7,17H2,1H3. The van der Waals surface area contributed by atoms with E-state index in [0.29, 0.717) is 55.5 Å². The van der Waals surface area contributed by atoms with E-state index in [4.69, 9.17) is 49.3 Å². The average molecular weight is 664 g/mol. The summed E-state index contributed by atoms with van der Waals surface area (Å²) in [7, 11) is 0. The maximum absolute atomic E-state index is 13.6. The number of hydrogen-bond acceptors (Lipinski definition) is 5. The van der Waals surface area contributed by atoms with Gasteiger partial charge in [-0.05, 0) is 67.8 Å². The Balaban J connectivity index is 1.50. The summed E-state index contributed by atoms with van der Waals surface area (Å²) in [5.41, 5.74) is 1.88. The maximum Gasteiger partial charge on any atom is 0.282 e. The normalized spacial score (nSPS) is 14.2. The molecule has 1 aliphatic carbocycles. The van der Waals surface area contributed by atoms with Crippen LogP contribution in [-0.4, -0.2) is 22.5 Å². The van der Waals surface area contributed by atoms with E-state index in [1.165, 1.54) is 11.1 Å². The van der Waals surface area contributed by atoms with Crippen molar-refractivity contribution in [2.75, 3.05) is 6.61 Å². The lowest BCUT2D eigenvalue weighted by Crippen LogP contribution is -2.25. The Hall–Kier alpha value is -2.58. The van der Waals surface area contributed by atoms with Crippen molar-refractivity contribution in [1.82, 2.24) is 9.66 Å². The van der Waals surface area contributed by atoms with Gasteiger partial charge in [-0.25, -0.2) is 4.98 Å². The van der Waals surface area contributed by atoms with Crippen LogP contribution in [0, 0.1) is 0 Å². The Morgan fingerprint density at radius 3 is 2.58 bits per heavy atom. The molecule has 10 heteroatoms.